The van der Waals surface area contributed by atoms with Crippen molar-refractivity contribution in [3.8, 4) is 6.07 Å². The number of benzene rings is 2. The summed E-state index contributed by atoms with van der Waals surface area (Å²) in [5.74, 6) is -0.559. The molecule has 0 unspecified atom stereocenters. The number of azo groups is 1. The third-order valence-corrected chi connectivity index (χ3v) is 7.11. The molecule has 2 aromatic carbocycles. The summed E-state index contributed by atoms with van der Waals surface area (Å²) in [5.41, 5.74) is 0.995. The number of hydrogen-bond donors (Lipinski definition) is 1. The SMILES string of the molecule is C=CCN(CC=C)c1ccc(/N=N/c2c(C#N)c(C(C)(C)C)nn2S(=O)(=O)c2ccccc2)c(NC(C)=O)c1. The van der Waals surface area contributed by atoms with Crippen LogP contribution in [0.4, 0.5) is 22.9 Å². The van der Waals surface area contributed by atoms with E-state index in [1.54, 1.807) is 48.6 Å². The molecule has 0 aliphatic carbocycles. The molecule has 0 spiro atoms. The third kappa shape index (κ3) is 6.48. The molecule has 11 heteroatoms. The minimum absolute atomic E-state index is 0.00778. The standard InChI is InChI=1S/C28H31N7O3S/c1-7-16-34(17-8-2)21-14-15-24(25(18-21)30-20(3)36)31-32-27-23(19-29)26(28(4,5)6)33-35(27)39(37,38)22-12-10-9-11-13-22/h7-15,18H,1-2,16-17H2,3-6H3,(H,30,36)/b32-31+. The fraction of sp³-hybridized carbons (Fsp3) is 0.250. The van der Waals surface area contributed by atoms with Gasteiger partial charge in [0.05, 0.1) is 16.3 Å². The Morgan fingerprint density at radius 3 is 2.31 bits per heavy atom. The van der Waals surface area contributed by atoms with E-state index in [2.05, 4.69) is 39.9 Å². The first-order valence-electron chi connectivity index (χ1n) is 12.1. The molecular weight excluding hydrogens is 514 g/mol. The van der Waals surface area contributed by atoms with Crippen LogP contribution < -0.4 is 10.2 Å². The van der Waals surface area contributed by atoms with Crippen LogP contribution in [-0.2, 0) is 20.2 Å². The van der Waals surface area contributed by atoms with Gasteiger partial charge in [-0.3, -0.25) is 4.79 Å². The number of carbonyl (C=O) groups is 1. The molecule has 1 N–H and O–H groups in total. The van der Waals surface area contributed by atoms with E-state index in [1.165, 1.54) is 19.1 Å². The Labute approximate surface area is 229 Å². The molecular formula is C28H31N7O3S. The Morgan fingerprint density at radius 1 is 1.13 bits per heavy atom. The number of nitrogens with one attached hydrogen (secondary N) is 1. The zero-order valence-corrected chi connectivity index (χ0v) is 23.2. The van der Waals surface area contributed by atoms with Crippen LogP contribution in [0.25, 0.3) is 0 Å². The molecule has 3 aromatic rings. The molecule has 1 aromatic heterocycles. The molecule has 0 bridgehead atoms. The van der Waals surface area contributed by atoms with Crippen molar-refractivity contribution in [3.05, 3.63) is 85.1 Å². The molecule has 0 atom stereocenters. The van der Waals surface area contributed by atoms with E-state index < -0.39 is 15.4 Å². The Bertz CT molecular complexity index is 1550. The highest BCUT2D eigenvalue weighted by Gasteiger charge is 2.32. The monoisotopic (exact) mass is 545 g/mol. The highest BCUT2D eigenvalue weighted by atomic mass is 32.2. The molecule has 0 radical (unpaired) electrons. The average Bonchev–Trinajstić information content (AvgIpc) is 3.28. The molecule has 10 nitrogen and oxygen atoms in total. The average molecular weight is 546 g/mol. The minimum atomic E-state index is -4.20. The number of nitrogens with zero attached hydrogens (tertiary/aromatic N) is 6. The fourth-order valence-electron chi connectivity index (χ4n) is 3.76. The first kappa shape index (κ1) is 29.0. The van der Waals surface area contributed by atoms with Crippen LogP contribution in [0.5, 0.6) is 0 Å². The lowest BCUT2D eigenvalue weighted by molar-refractivity contribution is -0.114. The highest BCUT2D eigenvalue weighted by Crippen LogP contribution is 2.36. The summed E-state index contributed by atoms with van der Waals surface area (Å²) >= 11 is 0. The second-order valence-corrected chi connectivity index (χ2v) is 11.4. The summed E-state index contributed by atoms with van der Waals surface area (Å²) < 4.78 is 27.8. The van der Waals surface area contributed by atoms with Crippen molar-refractivity contribution in [2.45, 2.75) is 38.0 Å². The number of anilines is 2. The Kier molecular flexibility index (Phi) is 8.83. The van der Waals surface area contributed by atoms with E-state index in [4.69, 9.17) is 0 Å². The van der Waals surface area contributed by atoms with E-state index >= 15 is 0 Å². The smallest absolute Gasteiger partial charge is 0.285 e. The Hall–Kier alpha value is -4.56. The maximum absolute atomic E-state index is 13.5. The number of rotatable bonds is 10. The molecule has 0 fully saturated rings. The molecule has 3 rings (SSSR count). The lowest BCUT2D eigenvalue weighted by Crippen LogP contribution is -2.23. The minimum Gasteiger partial charge on any atom is -0.364 e. The van der Waals surface area contributed by atoms with Crippen molar-refractivity contribution >= 4 is 38.8 Å². The summed E-state index contributed by atoms with van der Waals surface area (Å²) in [4.78, 5) is 13.9. The first-order valence-corrected chi connectivity index (χ1v) is 13.5. The van der Waals surface area contributed by atoms with Crippen LogP contribution in [0, 0.1) is 11.3 Å². The summed E-state index contributed by atoms with van der Waals surface area (Å²) in [6.07, 6.45) is 3.50. The lowest BCUT2D eigenvalue weighted by Gasteiger charge is -2.22. The van der Waals surface area contributed by atoms with Gasteiger partial charge in [-0.05, 0) is 30.3 Å². The maximum atomic E-state index is 13.5. The Morgan fingerprint density at radius 2 is 1.77 bits per heavy atom. The molecule has 0 aliphatic heterocycles. The van der Waals surface area contributed by atoms with Gasteiger partial charge in [-0.25, -0.2) is 0 Å². The van der Waals surface area contributed by atoms with Gasteiger partial charge >= 0.3 is 0 Å². The van der Waals surface area contributed by atoms with Gasteiger partial charge in [-0.15, -0.1) is 27.5 Å². The van der Waals surface area contributed by atoms with Crippen molar-refractivity contribution in [1.82, 2.24) is 9.19 Å². The first-order chi connectivity index (χ1) is 18.4. The number of nitriles is 1. The summed E-state index contributed by atoms with van der Waals surface area (Å²) in [7, 11) is -4.20. The van der Waals surface area contributed by atoms with Crippen LogP contribution in [-0.4, -0.2) is 36.6 Å². The number of carbonyl (C=O) groups excluding carboxylic acids is 1. The zero-order chi connectivity index (χ0) is 28.8. The van der Waals surface area contributed by atoms with Crippen LogP contribution in [0.3, 0.4) is 0 Å². The van der Waals surface area contributed by atoms with E-state index in [0.29, 0.717) is 18.8 Å². The molecule has 1 amide bonds. The van der Waals surface area contributed by atoms with E-state index in [9.17, 15) is 18.5 Å². The molecule has 0 aliphatic rings. The van der Waals surface area contributed by atoms with Crippen LogP contribution >= 0.6 is 0 Å². The Balaban J connectivity index is 2.22. The van der Waals surface area contributed by atoms with Gasteiger partial charge in [0.2, 0.25) is 11.7 Å². The van der Waals surface area contributed by atoms with Gasteiger partial charge in [0.1, 0.15) is 17.3 Å². The third-order valence-electron chi connectivity index (χ3n) is 5.53. The van der Waals surface area contributed by atoms with Crippen LogP contribution in [0.2, 0.25) is 0 Å². The highest BCUT2D eigenvalue weighted by molar-refractivity contribution is 7.90. The van der Waals surface area contributed by atoms with Crippen molar-refractivity contribution in [2.24, 2.45) is 10.2 Å². The van der Waals surface area contributed by atoms with Crippen molar-refractivity contribution in [3.63, 3.8) is 0 Å². The number of amides is 1. The predicted molar refractivity (Wildman–Crippen MR) is 152 cm³/mol. The predicted octanol–water partition coefficient (Wildman–Crippen LogP) is 5.84. The topological polar surface area (TPSA) is 133 Å². The largest absolute Gasteiger partial charge is 0.364 e. The van der Waals surface area contributed by atoms with Gasteiger partial charge < -0.3 is 10.2 Å². The van der Waals surface area contributed by atoms with Gasteiger partial charge in [0.25, 0.3) is 10.0 Å². The maximum Gasteiger partial charge on any atom is 0.285 e. The summed E-state index contributed by atoms with van der Waals surface area (Å²) in [5, 5.41) is 25.5. The zero-order valence-electron chi connectivity index (χ0n) is 22.4. The van der Waals surface area contributed by atoms with E-state index in [-0.39, 0.29) is 33.6 Å². The normalized spacial score (nSPS) is 11.7. The van der Waals surface area contributed by atoms with Gasteiger partial charge in [-0.1, -0.05) is 51.1 Å². The van der Waals surface area contributed by atoms with Gasteiger partial charge in [0, 0.05) is 31.1 Å². The van der Waals surface area contributed by atoms with Crippen LogP contribution in [0.1, 0.15) is 39.0 Å². The van der Waals surface area contributed by atoms with Crippen LogP contribution in [0.15, 0.2) is 89.0 Å². The van der Waals surface area contributed by atoms with Gasteiger partial charge in [-0.2, -0.15) is 18.8 Å². The molecule has 0 saturated carbocycles. The van der Waals surface area contributed by atoms with E-state index in [1.807, 2.05) is 25.7 Å². The number of aromatic nitrogens is 2. The molecule has 202 valence electrons. The van der Waals surface area contributed by atoms with Crippen molar-refractivity contribution in [2.75, 3.05) is 23.3 Å². The summed E-state index contributed by atoms with van der Waals surface area (Å²) in [6, 6.07) is 15.0. The summed E-state index contributed by atoms with van der Waals surface area (Å²) in [6.45, 7) is 15.5. The van der Waals surface area contributed by atoms with Crippen molar-refractivity contribution < 1.29 is 13.2 Å². The van der Waals surface area contributed by atoms with Crippen molar-refractivity contribution in [1.29, 1.82) is 5.26 Å². The van der Waals surface area contributed by atoms with E-state index in [0.717, 1.165) is 9.77 Å². The molecule has 0 saturated heterocycles. The van der Waals surface area contributed by atoms with Gasteiger partial charge in [0.15, 0.2) is 0 Å². The fourth-order valence-corrected chi connectivity index (χ4v) is 5.01. The lowest BCUT2D eigenvalue weighted by atomic mass is 9.90. The second-order valence-electron chi connectivity index (χ2n) is 9.64. The second kappa shape index (κ2) is 11.9. The number of hydrogen-bond acceptors (Lipinski definition) is 8. The molecule has 39 heavy (non-hydrogen) atoms. The quantitative estimate of drug-likeness (QED) is 0.251. The molecule has 1 heterocycles.